The van der Waals surface area contributed by atoms with Crippen molar-refractivity contribution in [2.45, 2.75) is 38.1 Å². The number of anilines is 1. The minimum Gasteiger partial charge on any atom is -0.497 e. The SMILES string of the molecule is COc1ccc(NC(=NC2CCCCC2)NC(=O)c2ccccc2)cc1. The average molecular weight is 351 g/mol. The van der Waals surface area contributed by atoms with Crippen LogP contribution in [-0.2, 0) is 0 Å². The van der Waals surface area contributed by atoms with Gasteiger partial charge in [-0.2, -0.15) is 0 Å². The van der Waals surface area contributed by atoms with Gasteiger partial charge < -0.3 is 10.1 Å². The normalized spacial score (nSPS) is 15.3. The number of nitrogens with zero attached hydrogens (tertiary/aromatic N) is 1. The molecule has 0 unspecified atom stereocenters. The molecule has 2 aromatic rings. The topological polar surface area (TPSA) is 62.7 Å². The predicted octanol–water partition coefficient (Wildman–Crippen LogP) is 4.23. The number of amides is 1. The van der Waals surface area contributed by atoms with Crippen LogP contribution in [0.5, 0.6) is 5.75 Å². The lowest BCUT2D eigenvalue weighted by Gasteiger charge is -2.20. The molecule has 1 fully saturated rings. The Labute approximate surface area is 154 Å². The Morgan fingerprint density at radius 3 is 2.35 bits per heavy atom. The molecule has 0 saturated heterocycles. The lowest BCUT2D eigenvalue weighted by molar-refractivity contribution is 0.0977. The summed E-state index contributed by atoms with van der Waals surface area (Å²) in [6, 6.07) is 17.0. The fourth-order valence-electron chi connectivity index (χ4n) is 3.07. The molecular weight excluding hydrogens is 326 g/mol. The van der Waals surface area contributed by atoms with E-state index in [1.54, 1.807) is 19.2 Å². The number of hydrogen-bond donors (Lipinski definition) is 2. The van der Waals surface area contributed by atoms with Crippen molar-refractivity contribution >= 4 is 17.6 Å². The van der Waals surface area contributed by atoms with Crippen molar-refractivity contribution in [3.05, 3.63) is 60.2 Å². The third-order valence-electron chi connectivity index (χ3n) is 4.51. The summed E-state index contributed by atoms with van der Waals surface area (Å²) in [6.07, 6.45) is 5.78. The molecule has 0 aromatic heterocycles. The van der Waals surface area contributed by atoms with E-state index >= 15 is 0 Å². The molecule has 0 spiro atoms. The number of hydrogen-bond acceptors (Lipinski definition) is 3. The second-order valence-corrected chi connectivity index (χ2v) is 6.44. The van der Waals surface area contributed by atoms with Gasteiger partial charge in [0.2, 0.25) is 5.96 Å². The molecule has 0 aliphatic heterocycles. The van der Waals surface area contributed by atoms with Crippen LogP contribution in [0.25, 0.3) is 0 Å². The number of carbonyl (C=O) groups is 1. The molecule has 1 amide bonds. The fraction of sp³-hybridized carbons (Fsp3) is 0.333. The Balaban J connectivity index is 1.76. The number of rotatable bonds is 4. The maximum Gasteiger partial charge on any atom is 0.257 e. The third-order valence-corrected chi connectivity index (χ3v) is 4.51. The first-order valence-electron chi connectivity index (χ1n) is 9.10. The van der Waals surface area contributed by atoms with E-state index in [0.29, 0.717) is 11.5 Å². The van der Waals surface area contributed by atoms with Crippen LogP contribution in [0.2, 0.25) is 0 Å². The van der Waals surface area contributed by atoms with Crippen molar-refractivity contribution in [1.29, 1.82) is 0 Å². The van der Waals surface area contributed by atoms with E-state index in [4.69, 9.17) is 9.73 Å². The predicted molar refractivity (Wildman–Crippen MR) is 105 cm³/mol. The number of benzene rings is 2. The molecule has 1 aliphatic carbocycles. The summed E-state index contributed by atoms with van der Waals surface area (Å²) in [5.41, 5.74) is 1.47. The van der Waals surface area contributed by atoms with Gasteiger partial charge in [-0.1, -0.05) is 37.5 Å². The fourth-order valence-corrected chi connectivity index (χ4v) is 3.07. The molecule has 2 aromatic carbocycles. The zero-order valence-electron chi connectivity index (χ0n) is 15.1. The van der Waals surface area contributed by atoms with Crippen LogP contribution < -0.4 is 15.4 Å². The lowest BCUT2D eigenvalue weighted by atomic mass is 9.96. The van der Waals surface area contributed by atoms with E-state index < -0.39 is 0 Å². The van der Waals surface area contributed by atoms with Gasteiger partial charge in [-0.15, -0.1) is 0 Å². The molecule has 0 radical (unpaired) electrons. The van der Waals surface area contributed by atoms with E-state index in [1.165, 1.54) is 19.3 Å². The third kappa shape index (κ3) is 5.09. The monoisotopic (exact) mass is 351 g/mol. The molecular formula is C21H25N3O2. The molecule has 1 saturated carbocycles. The number of carbonyl (C=O) groups excluding carboxylic acids is 1. The summed E-state index contributed by atoms with van der Waals surface area (Å²) in [7, 11) is 1.64. The number of aliphatic imine (C=N–C) groups is 1. The second-order valence-electron chi connectivity index (χ2n) is 6.44. The molecule has 2 N–H and O–H groups in total. The van der Waals surface area contributed by atoms with Gasteiger partial charge in [0.1, 0.15) is 5.75 Å². The Kier molecular flexibility index (Phi) is 6.25. The molecule has 0 heterocycles. The molecule has 26 heavy (non-hydrogen) atoms. The van der Waals surface area contributed by atoms with E-state index in [9.17, 15) is 4.79 Å². The van der Waals surface area contributed by atoms with Crippen LogP contribution >= 0.6 is 0 Å². The minimum absolute atomic E-state index is 0.166. The van der Waals surface area contributed by atoms with Crippen LogP contribution in [0.1, 0.15) is 42.5 Å². The zero-order chi connectivity index (χ0) is 18.2. The minimum atomic E-state index is -0.166. The summed E-state index contributed by atoms with van der Waals surface area (Å²) in [5.74, 6) is 1.12. The maximum absolute atomic E-state index is 12.5. The lowest BCUT2D eigenvalue weighted by Crippen LogP contribution is -2.37. The zero-order valence-corrected chi connectivity index (χ0v) is 15.1. The van der Waals surface area contributed by atoms with Gasteiger partial charge in [0.25, 0.3) is 5.91 Å². The summed E-state index contributed by atoms with van der Waals surface area (Å²) in [4.78, 5) is 17.3. The highest BCUT2D eigenvalue weighted by atomic mass is 16.5. The first kappa shape index (κ1) is 18.0. The van der Waals surface area contributed by atoms with Crippen molar-refractivity contribution in [2.75, 3.05) is 12.4 Å². The molecule has 5 nitrogen and oxygen atoms in total. The summed E-state index contributed by atoms with van der Waals surface area (Å²) in [6.45, 7) is 0. The highest BCUT2D eigenvalue weighted by Gasteiger charge is 2.15. The van der Waals surface area contributed by atoms with Crippen LogP contribution in [-0.4, -0.2) is 25.0 Å². The molecule has 5 heteroatoms. The summed E-state index contributed by atoms with van der Waals surface area (Å²) < 4.78 is 5.19. The largest absolute Gasteiger partial charge is 0.497 e. The van der Waals surface area contributed by atoms with Gasteiger partial charge in [-0.05, 0) is 49.2 Å². The molecule has 0 atom stereocenters. The summed E-state index contributed by atoms with van der Waals surface area (Å²) in [5, 5.41) is 6.17. The van der Waals surface area contributed by atoms with Crippen molar-refractivity contribution in [1.82, 2.24) is 5.32 Å². The number of nitrogens with one attached hydrogen (secondary N) is 2. The van der Waals surface area contributed by atoms with Gasteiger partial charge in [0.05, 0.1) is 13.2 Å². The first-order chi connectivity index (χ1) is 12.7. The van der Waals surface area contributed by atoms with Gasteiger partial charge in [-0.25, -0.2) is 4.99 Å². The van der Waals surface area contributed by atoms with Gasteiger partial charge in [0, 0.05) is 11.3 Å². The molecule has 3 rings (SSSR count). The molecule has 0 bridgehead atoms. The van der Waals surface area contributed by atoms with Crippen LogP contribution in [0.3, 0.4) is 0 Å². The quantitative estimate of drug-likeness (QED) is 0.640. The van der Waals surface area contributed by atoms with Gasteiger partial charge >= 0.3 is 0 Å². The number of guanidine groups is 1. The molecule has 136 valence electrons. The van der Waals surface area contributed by atoms with E-state index in [2.05, 4.69) is 10.6 Å². The van der Waals surface area contributed by atoms with Gasteiger partial charge in [0.15, 0.2) is 0 Å². The summed E-state index contributed by atoms with van der Waals surface area (Å²) >= 11 is 0. The van der Waals surface area contributed by atoms with Gasteiger partial charge in [-0.3, -0.25) is 10.1 Å². The highest BCUT2D eigenvalue weighted by molar-refractivity contribution is 6.10. The number of methoxy groups -OCH3 is 1. The Hall–Kier alpha value is -2.82. The van der Waals surface area contributed by atoms with Crippen LogP contribution in [0.4, 0.5) is 5.69 Å². The first-order valence-corrected chi connectivity index (χ1v) is 9.10. The standard InChI is InChI=1S/C21H25N3O2/c1-26-19-14-12-18(13-15-19)23-21(22-17-10-6-3-7-11-17)24-20(25)16-8-4-2-5-9-16/h2,4-5,8-9,12-15,17H,3,6-7,10-11H2,1H3,(H2,22,23,24,25). The van der Waals surface area contributed by atoms with E-state index in [1.807, 2.05) is 42.5 Å². The van der Waals surface area contributed by atoms with Crippen LogP contribution in [0, 0.1) is 0 Å². The van der Waals surface area contributed by atoms with Crippen LogP contribution in [0.15, 0.2) is 59.6 Å². The van der Waals surface area contributed by atoms with Crippen molar-refractivity contribution in [2.24, 2.45) is 4.99 Å². The van der Waals surface area contributed by atoms with Crippen molar-refractivity contribution in [3.63, 3.8) is 0 Å². The van der Waals surface area contributed by atoms with E-state index in [0.717, 1.165) is 24.3 Å². The van der Waals surface area contributed by atoms with Crippen molar-refractivity contribution in [3.8, 4) is 5.75 Å². The highest BCUT2D eigenvalue weighted by Crippen LogP contribution is 2.21. The van der Waals surface area contributed by atoms with Crippen molar-refractivity contribution < 1.29 is 9.53 Å². The second kappa shape index (κ2) is 9.04. The Morgan fingerprint density at radius 1 is 1.00 bits per heavy atom. The maximum atomic E-state index is 12.5. The molecule has 1 aliphatic rings. The Bertz CT molecular complexity index is 736. The Morgan fingerprint density at radius 2 is 1.69 bits per heavy atom. The smallest absolute Gasteiger partial charge is 0.257 e. The van der Waals surface area contributed by atoms with E-state index in [-0.39, 0.29) is 11.9 Å². The number of ether oxygens (including phenoxy) is 1. The average Bonchev–Trinajstić information content (AvgIpc) is 2.70.